The van der Waals surface area contributed by atoms with Crippen LogP contribution in [-0.4, -0.2) is 15.0 Å². The highest BCUT2D eigenvalue weighted by molar-refractivity contribution is 5.67. The fraction of sp³-hybridized carbons (Fsp3) is 0.125. The molecule has 0 bridgehead atoms. The molecule has 0 aliphatic rings. The Hall–Kier alpha value is -3.73. The fourth-order valence-electron chi connectivity index (χ4n) is 3.21. The first-order valence-corrected chi connectivity index (χ1v) is 9.59. The van der Waals surface area contributed by atoms with Crippen molar-refractivity contribution in [1.82, 2.24) is 15.0 Å². The van der Waals surface area contributed by atoms with Crippen molar-refractivity contribution in [3.8, 4) is 11.3 Å². The van der Waals surface area contributed by atoms with Crippen molar-refractivity contribution in [2.75, 3.05) is 10.6 Å². The van der Waals surface area contributed by atoms with E-state index in [-0.39, 0.29) is 0 Å². The monoisotopic (exact) mass is 381 g/mol. The van der Waals surface area contributed by atoms with Crippen LogP contribution >= 0.6 is 0 Å². The highest BCUT2D eigenvalue weighted by atomic mass is 15.1. The largest absolute Gasteiger partial charge is 0.348 e. The van der Waals surface area contributed by atoms with E-state index in [1.165, 1.54) is 11.1 Å². The maximum atomic E-state index is 4.71. The van der Waals surface area contributed by atoms with Crippen molar-refractivity contribution in [3.63, 3.8) is 0 Å². The van der Waals surface area contributed by atoms with Crippen molar-refractivity contribution < 1.29 is 0 Å². The van der Waals surface area contributed by atoms with Crippen molar-refractivity contribution >= 4 is 17.5 Å². The molecule has 0 fully saturated rings. The predicted octanol–water partition coefficient (Wildman–Crippen LogP) is 5.51. The van der Waals surface area contributed by atoms with Gasteiger partial charge in [-0.25, -0.2) is 4.98 Å². The van der Waals surface area contributed by atoms with E-state index in [1.807, 2.05) is 54.6 Å². The summed E-state index contributed by atoms with van der Waals surface area (Å²) < 4.78 is 0. The van der Waals surface area contributed by atoms with Gasteiger partial charge in [-0.15, -0.1) is 0 Å². The molecule has 0 amide bonds. The quantitative estimate of drug-likeness (QED) is 0.461. The lowest BCUT2D eigenvalue weighted by Gasteiger charge is -2.12. The SMILES string of the molecule is Cc1cc(C)cc(Nc2cc(-c3ccccc3)nc(NCc3ccccn3)n2)c1. The van der Waals surface area contributed by atoms with E-state index in [9.17, 15) is 0 Å². The van der Waals surface area contributed by atoms with Crippen LogP contribution in [0.15, 0.2) is 79.0 Å². The summed E-state index contributed by atoms with van der Waals surface area (Å²) in [6.45, 7) is 4.74. The van der Waals surface area contributed by atoms with Crippen LogP contribution in [0.2, 0.25) is 0 Å². The van der Waals surface area contributed by atoms with Crippen LogP contribution in [0.3, 0.4) is 0 Å². The van der Waals surface area contributed by atoms with Crippen LogP contribution in [0.25, 0.3) is 11.3 Å². The van der Waals surface area contributed by atoms with Gasteiger partial charge < -0.3 is 10.6 Å². The lowest BCUT2D eigenvalue weighted by Crippen LogP contribution is -2.07. The molecular weight excluding hydrogens is 358 g/mol. The van der Waals surface area contributed by atoms with Gasteiger partial charge in [-0.05, 0) is 49.2 Å². The molecule has 144 valence electrons. The summed E-state index contributed by atoms with van der Waals surface area (Å²) in [6.07, 6.45) is 1.78. The summed E-state index contributed by atoms with van der Waals surface area (Å²) in [4.78, 5) is 13.7. The predicted molar refractivity (Wildman–Crippen MR) is 118 cm³/mol. The Bertz CT molecular complexity index is 1070. The number of nitrogens with zero attached hydrogens (tertiary/aromatic N) is 3. The molecule has 2 N–H and O–H groups in total. The number of benzene rings is 2. The number of aryl methyl sites for hydroxylation is 2. The van der Waals surface area contributed by atoms with Gasteiger partial charge >= 0.3 is 0 Å². The van der Waals surface area contributed by atoms with Gasteiger partial charge in [-0.2, -0.15) is 4.98 Å². The number of aromatic nitrogens is 3. The van der Waals surface area contributed by atoms with Gasteiger partial charge in [0.1, 0.15) is 5.82 Å². The van der Waals surface area contributed by atoms with Gasteiger partial charge in [-0.3, -0.25) is 4.98 Å². The Morgan fingerprint density at radius 2 is 1.55 bits per heavy atom. The van der Waals surface area contributed by atoms with Crippen molar-refractivity contribution in [2.24, 2.45) is 0 Å². The summed E-state index contributed by atoms with van der Waals surface area (Å²) >= 11 is 0. The first kappa shape index (κ1) is 18.6. The van der Waals surface area contributed by atoms with Crippen LogP contribution < -0.4 is 10.6 Å². The highest BCUT2D eigenvalue weighted by Crippen LogP contribution is 2.24. The zero-order valence-electron chi connectivity index (χ0n) is 16.6. The van der Waals surface area contributed by atoms with Crippen molar-refractivity contribution in [2.45, 2.75) is 20.4 Å². The molecule has 29 heavy (non-hydrogen) atoms. The molecular formula is C24H23N5. The van der Waals surface area contributed by atoms with E-state index in [0.717, 1.165) is 28.5 Å². The second-order valence-corrected chi connectivity index (χ2v) is 7.00. The molecule has 5 nitrogen and oxygen atoms in total. The molecule has 0 spiro atoms. The molecule has 0 saturated heterocycles. The van der Waals surface area contributed by atoms with E-state index in [2.05, 4.69) is 52.6 Å². The van der Waals surface area contributed by atoms with Gasteiger partial charge in [0.05, 0.1) is 17.9 Å². The standard InChI is InChI=1S/C24H23N5/c1-17-12-18(2)14-21(13-17)27-23-15-22(19-8-4-3-5-9-19)28-24(29-23)26-16-20-10-6-7-11-25-20/h3-15H,16H2,1-2H3,(H2,26,27,28,29). The summed E-state index contributed by atoms with van der Waals surface area (Å²) in [6, 6.07) is 24.3. The molecule has 2 aromatic carbocycles. The van der Waals surface area contributed by atoms with Crippen LogP contribution in [0.1, 0.15) is 16.8 Å². The fourth-order valence-corrected chi connectivity index (χ4v) is 3.21. The Balaban J connectivity index is 1.65. The molecule has 0 saturated carbocycles. The normalized spacial score (nSPS) is 10.6. The minimum atomic E-state index is 0.558. The maximum absolute atomic E-state index is 4.71. The molecule has 0 radical (unpaired) electrons. The molecule has 0 aliphatic carbocycles. The van der Waals surface area contributed by atoms with E-state index in [0.29, 0.717) is 12.5 Å². The first-order chi connectivity index (χ1) is 14.2. The lowest BCUT2D eigenvalue weighted by molar-refractivity contribution is 1.00. The number of hydrogen-bond donors (Lipinski definition) is 2. The summed E-state index contributed by atoms with van der Waals surface area (Å²) in [5.41, 5.74) is 6.26. The van der Waals surface area contributed by atoms with Crippen LogP contribution in [0.5, 0.6) is 0 Å². The highest BCUT2D eigenvalue weighted by Gasteiger charge is 2.08. The van der Waals surface area contributed by atoms with E-state index >= 15 is 0 Å². The van der Waals surface area contributed by atoms with E-state index in [4.69, 9.17) is 4.98 Å². The number of hydrogen-bond acceptors (Lipinski definition) is 5. The average Bonchev–Trinajstić information content (AvgIpc) is 2.73. The van der Waals surface area contributed by atoms with Gasteiger partial charge in [0.2, 0.25) is 5.95 Å². The number of anilines is 3. The molecule has 0 aliphatic heterocycles. The van der Waals surface area contributed by atoms with E-state index in [1.54, 1.807) is 6.20 Å². The smallest absolute Gasteiger partial charge is 0.225 e. The van der Waals surface area contributed by atoms with Crippen molar-refractivity contribution in [1.29, 1.82) is 0 Å². The van der Waals surface area contributed by atoms with Gasteiger partial charge in [0.25, 0.3) is 0 Å². The maximum Gasteiger partial charge on any atom is 0.225 e. The number of pyridine rings is 1. The molecule has 0 atom stereocenters. The van der Waals surface area contributed by atoms with Crippen molar-refractivity contribution in [3.05, 3.63) is 95.8 Å². The minimum Gasteiger partial charge on any atom is -0.348 e. The molecule has 5 heteroatoms. The molecule has 2 heterocycles. The summed E-state index contributed by atoms with van der Waals surface area (Å²) in [5.74, 6) is 1.30. The van der Waals surface area contributed by atoms with Crippen LogP contribution in [-0.2, 0) is 6.54 Å². The third-order valence-corrected chi connectivity index (χ3v) is 4.44. The third kappa shape index (κ3) is 4.96. The molecule has 4 rings (SSSR count). The summed E-state index contributed by atoms with van der Waals surface area (Å²) in [7, 11) is 0. The minimum absolute atomic E-state index is 0.558. The van der Waals surface area contributed by atoms with Gasteiger partial charge in [-0.1, -0.05) is 42.5 Å². The second-order valence-electron chi connectivity index (χ2n) is 7.00. The number of nitrogens with one attached hydrogen (secondary N) is 2. The summed E-state index contributed by atoms with van der Waals surface area (Å²) in [5, 5.41) is 6.72. The Morgan fingerprint density at radius 3 is 2.28 bits per heavy atom. The molecule has 4 aromatic rings. The zero-order chi connectivity index (χ0) is 20.1. The Kier molecular flexibility index (Phi) is 5.47. The zero-order valence-corrected chi connectivity index (χ0v) is 16.6. The lowest BCUT2D eigenvalue weighted by atomic mass is 10.1. The van der Waals surface area contributed by atoms with Crippen LogP contribution in [0, 0.1) is 13.8 Å². The number of rotatable bonds is 6. The van der Waals surface area contributed by atoms with Crippen LogP contribution in [0.4, 0.5) is 17.5 Å². The third-order valence-electron chi connectivity index (χ3n) is 4.44. The Morgan fingerprint density at radius 1 is 0.793 bits per heavy atom. The van der Waals surface area contributed by atoms with Gasteiger partial charge in [0, 0.05) is 23.5 Å². The average molecular weight is 381 g/mol. The second kappa shape index (κ2) is 8.52. The molecule has 0 unspecified atom stereocenters. The topological polar surface area (TPSA) is 62.7 Å². The van der Waals surface area contributed by atoms with Gasteiger partial charge in [0.15, 0.2) is 0 Å². The van der Waals surface area contributed by atoms with E-state index < -0.39 is 0 Å². The molecule has 2 aromatic heterocycles. The first-order valence-electron chi connectivity index (χ1n) is 9.59. The Labute approximate surface area is 170 Å².